The van der Waals surface area contributed by atoms with Crippen molar-refractivity contribution in [3.8, 4) is 22.8 Å². The Morgan fingerprint density at radius 1 is 1.00 bits per heavy atom. The number of hydrogen-bond donors (Lipinski definition) is 2. The molecule has 0 fully saturated rings. The Balaban J connectivity index is 1.70. The van der Waals surface area contributed by atoms with Crippen LogP contribution >= 0.6 is 12.2 Å². The highest BCUT2D eigenvalue weighted by Crippen LogP contribution is 2.22. The molecule has 6 nitrogen and oxygen atoms in total. The van der Waals surface area contributed by atoms with Crippen molar-refractivity contribution in [1.82, 2.24) is 25.1 Å². The average molecular weight is 360 g/mol. The van der Waals surface area contributed by atoms with Crippen LogP contribution in [0.5, 0.6) is 0 Å². The minimum atomic E-state index is 0.417. The number of aromatic amines is 2. The van der Waals surface area contributed by atoms with Crippen molar-refractivity contribution < 1.29 is 0 Å². The Bertz CT molecular complexity index is 1120. The van der Waals surface area contributed by atoms with Gasteiger partial charge in [0.05, 0.1) is 11.9 Å². The first-order valence-electron chi connectivity index (χ1n) is 8.11. The van der Waals surface area contributed by atoms with Crippen LogP contribution in [-0.4, -0.2) is 31.3 Å². The van der Waals surface area contributed by atoms with Crippen molar-refractivity contribution in [2.75, 3.05) is 0 Å². The highest BCUT2D eigenvalue weighted by Gasteiger charge is 2.12. The zero-order chi connectivity index (χ0) is 17.9. The molecule has 0 unspecified atom stereocenters. The Morgan fingerprint density at radius 3 is 2.58 bits per heavy atom. The zero-order valence-electron chi connectivity index (χ0n) is 14.0. The van der Waals surface area contributed by atoms with Crippen LogP contribution in [0.4, 0.5) is 0 Å². The summed E-state index contributed by atoms with van der Waals surface area (Å²) in [7, 11) is 0. The molecule has 7 heteroatoms. The summed E-state index contributed by atoms with van der Waals surface area (Å²) in [4.78, 5) is 0. The summed E-state index contributed by atoms with van der Waals surface area (Å²) >= 11 is 5.32. The Labute approximate surface area is 155 Å². The summed E-state index contributed by atoms with van der Waals surface area (Å²) in [5.41, 5.74) is 4.76. The third-order valence-corrected chi connectivity index (χ3v) is 4.30. The quantitative estimate of drug-likeness (QED) is 0.423. The lowest BCUT2D eigenvalue weighted by Gasteiger charge is -2.00. The van der Waals surface area contributed by atoms with Crippen LogP contribution in [0, 0.1) is 11.7 Å². The number of rotatable bonds is 4. The predicted octanol–water partition coefficient (Wildman–Crippen LogP) is 4.19. The maximum atomic E-state index is 5.32. The van der Waals surface area contributed by atoms with Gasteiger partial charge in [-0.05, 0) is 36.3 Å². The molecule has 0 aliphatic rings. The standard InChI is InChI=1S/C19H16N6S/c1-13-7-5-6-10-15(13)12-20-25-18(23-24-19(25)26)17-11-16(21-22-17)14-8-3-2-4-9-14/h2-12H,1H3,(H,21,22)(H,24,26)/b20-12-. The third-order valence-electron chi connectivity index (χ3n) is 4.04. The fourth-order valence-electron chi connectivity index (χ4n) is 2.62. The summed E-state index contributed by atoms with van der Waals surface area (Å²) in [6.07, 6.45) is 1.78. The van der Waals surface area contributed by atoms with E-state index in [-0.39, 0.29) is 0 Å². The van der Waals surface area contributed by atoms with E-state index < -0.39 is 0 Å². The highest BCUT2D eigenvalue weighted by molar-refractivity contribution is 7.71. The Morgan fingerprint density at radius 2 is 1.77 bits per heavy atom. The van der Waals surface area contributed by atoms with Crippen molar-refractivity contribution in [3.63, 3.8) is 0 Å². The van der Waals surface area contributed by atoms with Crippen LogP contribution < -0.4 is 0 Å². The topological polar surface area (TPSA) is 74.7 Å². The molecule has 0 radical (unpaired) electrons. The largest absolute Gasteiger partial charge is 0.274 e. The first-order valence-corrected chi connectivity index (χ1v) is 8.52. The van der Waals surface area contributed by atoms with Crippen molar-refractivity contribution in [2.45, 2.75) is 6.92 Å². The molecule has 4 aromatic rings. The second-order valence-corrected chi connectivity index (χ2v) is 6.18. The number of H-pyrrole nitrogens is 2. The fourth-order valence-corrected chi connectivity index (χ4v) is 2.80. The van der Waals surface area contributed by atoms with Gasteiger partial charge in [0, 0.05) is 5.56 Å². The van der Waals surface area contributed by atoms with E-state index in [9.17, 15) is 0 Å². The summed E-state index contributed by atoms with van der Waals surface area (Å²) in [5.74, 6) is 0.578. The first kappa shape index (κ1) is 16.2. The molecule has 2 aromatic carbocycles. The molecule has 0 amide bonds. The summed E-state index contributed by atoms with van der Waals surface area (Å²) in [6, 6.07) is 19.9. The summed E-state index contributed by atoms with van der Waals surface area (Å²) in [6.45, 7) is 2.04. The summed E-state index contributed by atoms with van der Waals surface area (Å²) < 4.78 is 2.00. The van der Waals surface area contributed by atoms with Gasteiger partial charge in [0.25, 0.3) is 0 Å². The van der Waals surface area contributed by atoms with E-state index >= 15 is 0 Å². The molecule has 4 rings (SSSR count). The smallest absolute Gasteiger partial charge is 0.216 e. The SMILES string of the molecule is Cc1ccccc1/C=N\n1c(-c2cc(-c3ccccc3)n[nH]2)n[nH]c1=S. The Hall–Kier alpha value is -3.32. The van der Waals surface area contributed by atoms with Crippen molar-refractivity contribution >= 4 is 18.4 Å². The minimum Gasteiger partial charge on any atom is -0.274 e. The van der Waals surface area contributed by atoms with Gasteiger partial charge in [-0.3, -0.25) is 5.10 Å². The third kappa shape index (κ3) is 3.12. The molecule has 128 valence electrons. The average Bonchev–Trinajstić information content (AvgIpc) is 3.29. The lowest BCUT2D eigenvalue weighted by atomic mass is 10.1. The molecule has 0 bridgehead atoms. The van der Waals surface area contributed by atoms with E-state index in [1.54, 1.807) is 10.9 Å². The second-order valence-electron chi connectivity index (χ2n) is 5.80. The van der Waals surface area contributed by atoms with Crippen LogP contribution in [0.1, 0.15) is 11.1 Å². The van der Waals surface area contributed by atoms with Gasteiger partial charge < -0.3 is 0 Å². The normalized spacial score (nSPS) is 11.3. The van der Waals surface area contributed by atoms with Gasteiger partial charge in [-0.15, -0.1) is 0 Å². The van der Waals surface area contributed by atoms with Crippen molar-refractivity contribution in [2.24, 2.45) is 5.10 Å². The molecule has 0 aliphatic carbocycles. The molecule has 2 aromatic heterocycles. The highest BCUT2D eigenvalue weighted by atomic mass is 32.1. The van der Waals surface area contributed by atoms with Gasteiger partial charge in [0.1, 0.15) is 5.69 Å². The van der Waals surface area contributed by atoms with E-state index in [1.165, 1.54) is 0 Å². The summed E-state index contributed by atoms with van der Waals surface area (Å²) in [5, 5.41) is 19.0. The maximum absolute atomic E-state index is 5.32. The first-order chi connectivity index (χ1) is 12.7. The van der Waals surface area contributed by atoms with E-state index in [1.807, 2.05) is 67.6 Å². The number of nitrogens with zero attached hydrogens (tertiary/aromatic N) is 4. The van der Waals surface area contributed by atoms with Gasteiger partial charge in [0.15, 0.2) is 0 Å². The monoisotopic (exact) mass is 360 g/mol. The van der Waals surface area contributed by atoms with Gasteiger partial charge in [-0.25, -0.2) is 5.10 Å². The predicted molar refractivity (Wildman–Crippen MR) is 105 cm³/mol. The van der Waals surface area contributed by atoms with Crippen LogP contribution in [0.25, 0.3) is 22.8 Å². The number of aryl methyl sites for hydroxylation is 1. The number of benzene rings is 2. The number of nitrogens with one attached hydrogen (secondary N) is 2. The molecule has 0 saturated heterocycles. The molecule has 0 spiro atoms. The molecule has 0 aliphatic heterocycles. The molecule has 2 N–H and O–H groups in total. The van der Waals surface area contributed by atoms with Gasteiger partial charge >= 0.3 is 0 Å². The van der Waals surface area contributed by atoms with E-state index in [0.29, 0.717) is 10.6 Å². The van der Waals surface area contributed by atoms with Crippen LogP contribution in [0.2, 0.25) is 0 Å². The van der Waals surface area contributed by atoms with Gasteiger partial charge in [-0.2, -0.15) is 20.0 Å². The second kappa shape index (κ2) is 6.89. The van der Waals surface area contributed by atoms with Crippen molar-refractivity contribution in [3.05, 3.63) is 76.6 Å². The molecule has 0 atom stereocenters. The molecule has 0 saturated carbocycles. The van der Waals surface area contributed by atoms with Crippen LogP contribution in [0.15, 0.2) is 65.8 Å². The zero-order valence-corrected chi connectivity index (χ0v) is 14.9. The van der Waals surface area contributed by atoms with E-state index in [2.05, 4.69) is 25.5 Å². The molecular weight excluding hydrogens is 344 g/mol. The van der Waals surface area contributed by atoms with E-state index in [4.69, 9.17) is 12.2 Å². The molecular formula is C19H16N6S. The fraction of sp³-hybridized carbons (Fsp3) is 0.0526. The lowest BCUT2D eigenvalue weighted by Crippen LogP contribution is -1.96. The van der Waals surface area contributed by atoms with Gasteiger partial charge in [-0.1, -0.05) is 54.6 Å². The minimum absolute atomic E-state index is 0.417. The Kier molecular flexibility index (Phi) is 4.28. The van der Waals surface area contributed by atoms with Crippen LogP contribution in [0.3, 0.4) is 0 Å². The van der Waals surface area contributed by atoms with Gasteiger partial charge in [0.2, 0.25) is 10.6 Å². The van der Waals surface area contributed by atoms with Crippen molar-refractivity contribution in [1.29, 1.82) is 0 Å². The molecule has 26 heavy (non-hydrogen) atoms. The van der Waals surface area contributed by atoms with Crippen LogP contribution in [-0.2, 0) is 0 Å². The number of hydrogen-bond acceptors (Lipinski definition) is 4. The lowest BCUT2D eigenvalue weighted by molar-refractivity contribution is 0.865. The maximum Gasteiger partial charge on any atom is 0.216 e. The number of aromatic nitrogens is 5. The molecule has 2 heterocycles. The van der Waals surface area contributed by atoms with E-state index in [0.717, 1.165) is 28.1 Å².